The summed E-state index contributed by atoms with van der Waals surface area (Å²) in [7, 11) is 21.0. The molecule has 2 N–H and O–H groups in total. The summed E-state index contributed by atoms with van der Waals surface area (Å²) >= 11 is 0. The molecule has 0 aromatic carbocycles. The molecule has 0 bridgehead atoms. The Labute approximate surface area is 163 Å². The fraction of sp³-hybridized carbons (Fsp3) is 0. The molecule has 0 unspecified atom stereocenters. The zero-order valence-electron chi connectivity index (χ0n) is 6.74. The molecule has 1 nitrogen and oxygen atoms in total. The third-order valence-electron chi connectivity index (χ3n) is 0. The standard InChI is InChI=1S/5ClH.2K.H2O.Ru.2H/h5*1H;;;1H2;;;/q;;;;;2*+1;;+5;2*-1/p-5. The second-order valence-corrected chi connectivity index (χ2v) is 26.9. The normalized spacial score (nSPS) is 12.8. The molecule has 0 aliphatic heterocycles. The summed E-state index contributed by atoms with van der Waals surface area (Å²) in [5.41, 5.74) is 0. The Kier molecular flexibility index (Phi) is 22.8. The fourth-order valence-corrected chi connectivity index (χ4v) is 0. The minimum Gasteiger partial charge on any atom is -1.00 e. The van der Waals surface area contributed by atoms with Gasteiger partial charge in [0.2, 0.25) is 0 Å². The molecule has 0 radical (unpaired) electrons. The molecule has 0 aromatic rings. The first-order valence-electron chi connectivity index (χ1n) is 0.668. The Morgan fingerprint density at radius 3 is 0.778 bits per heavy atom. The van der Waals surface area contributed by atoms with Gasteiger partial charge in [-0.05, 0) is 0 Å². The van der Waals surface area contributed by atoms with Gasteiger partial charge in [0.15, 0.2) is 0 Å². The van der Waals surface area contributed by atoms with Gasteiger partial charge < -0.3 is 8.33 Å². The van der Waals surface area contributed by atoms with E-state index in [-0.39, 0.29) is 111 Å². The van der Waals surface area contributed by atoms with Gasteiger partial charge in [-0.3, -0.25) is 0 Å². The maximum atomic E-state index is 5.02. The Balaban J connectivity index is -0.0000000125. The Morgan fingerprint density at radius 2 is 0.778 bits per heavy atom. The van der Waals surface area contributed by atoms with E-state index in [0.717, 1.165) is 0 Å². The van der Waals surface area contributed by atoms with Crippen LogP contribution in [0, 0.1) is 0 Å². The van der Waals surface area contributed by atoms with E-state index >= 15 is 0 Å². The molecule has 0 saturated heterocycles. The molecule has 0 fully saturated rings. The van der Waals surface area contributed by atoms with E-state index in [9.17, 15) is 0 Å². The molecule has 55 valence electrons. The molecule has 0 aromatic heterocycles. The van der Waals surface area contributed by atoms with Gasteiger partial charge >= 0.3 is 160 Å². The molecular formula is H4Cl5K2ORu. The Bertz CT molecular complexity index is 55.7. The van der Waals surface area contributed by atoms with Gasteiger partial charge in [-0.15, -0.1) is 0 Å². The summed E-state index contributed by atoms with van der Waals surface area (Å²) in [6, 6.07) is 0. The molecule has 0 heterocycles. The number of rotatable bonds is 0. The maximum absolute atomic E-state index is 5.02. The van der Waals surface area contributed by atoms with Gasteiger partial charge in [0, 0.05) is 0 Å². The average Bonchev–Trinajstić information content (AvgIpc) is 0.650. The van der Waals surface area contributed by atoms with Crippen LogP contribution in [0.25, 0.3) is 0 Å². The smallest absolute Gasteiger partial charge is 1.00 e. The van der Waals surface area contributed by atoms with E-state index < -0.39 is 8.65 Å². The average molecular weight is 377 g/mol. The van der Waals surface area contributed by atoms with Crippen LogP contribution in [-0.4, -0.2) is 5.48 Å². The summed E-state index contributed by atoms with van der Waals surface area (Å²) in [6.07, 6.45) is 0. The number of hydrogen-bond acceptors (Lipinski definition) is 0. The van der Waals surface area contributed by atoms with Gasteiger partial charge in [-0.25, -0.2) is 0 Å². The zero-order valence-corrected chi connectivity index (χ0v) is 16.5. The van der Waals surface area contributed by atoms with E-state index in [1.54, 1.807) is 0 Å². The minimum absolute atomic E-state index is 0. The van der Waals surface area contributed by atoms with Crippen molar-refractivity contribution in [3.63, 3.8) is 0 Å². The van der Waals surface area contributed by atoms with E-state index in [4.69, 9.17) is 48.5 Å². The van der Waals surface area contributed by atoms with Crippen molar-refractivity contribution in [2.45, 2.75) is 0 Å². The van der Waals surface area contributed by atoms with Crippen molar-refractivity contribution in [2.75, 3.05) is 0 Å². The van der Waals surface area contributed by atoms with Crippen LogP contribution in [0.3, 0.4) is 0 Å². The fourth-order valence-electron chi connectivity index (χ4n) is 0. The van der Waals surface area contributed by atoms with E-state index in [0.29, 0.717) is 0 Å². The van der Waals surface area contributed by atoms with Crippen molar-refractivity contribution < 1.29 is 120 Å². The summed E-state index contributed by atoms with van der Waals surface area (Å²) in [6.45, 7) is 0. The molecular weight excluding hydrogens is 373 g/mol. The predicted molar refractivity (Wildman–Crippen MR) is 35.1 cm³/mol. The second-order valence-electron chi connectivity index (χ2n) is 0.505. The largest absolute Gasteiger partial charge is 1.00 e. The van der Waals surface area contributed by atoms with Crippen LogP contribution in [0.5, 0.6) is 0 Å². The first-order chi connectivity index (χ1) is 2.24. The SMILES string of the molecule is O.[Cl][Ru]([Cl])([Cl])([Cl])[Cl].[H-].[H-].[K+].[K+]. The summed E-state index contributed by atoms with van der Waals surface area (Å²) in [4.78, 5) is 0. The first kappa shape index (κ1) is 23.8. The van der Waals surface area contributed by atoms with E-state index in [2.05, 4.69) is 0 Å². The van der Waals surface area contributed by atoms with Crippen molar-refractivity contribution in [3.8, 4) is 0 Å². The topological polar surface area (TPSA) is 31.5 Å². The number of halogens is 5. The first-order valence-corrected chi connectivity index (χ1v) is 11.9. The van der Waals surface area contributed by atoms with Gasteiger partial charge in [0.05, 0.1) is 0 Å². The van der Waals surface area contributed by atoms with Crippen molar-refractivity contribution in [3.05, 3.63) is 0 Å². The molecule has 9 heteroatoms. The van der Waals surface area contributed by atoms with Crippen molar-refractivity contribution in [2.24, 2.45) is 0 Å². The Morgan fingerprint density at radius 1 is 0.778 bits per heavy atom. The molecule has 0 aliphatic rings. The van der Waals surface area contributed by atoms with Crippen molar-refractivity contribution in [1.82, 2.24) is 0 Å². The summed E-state index contributed by atoms with van der Waals surface area (Å²) < 4.78 is 0. The maximum Gasteiger partial charge on any atom is 1.00 e. The third kappa shape index (κ3) is 60.4. The molecule has 0 amide bonds. The molecule has 0 atom stereocenters. The predicted octanol–water partition coefficient (Wildman–Crippen LogP) is -3.15. The van der Waals surface area contributed by atoms with Crippen LogP contribution in [-0.2, 0) is 8.65 Å². The van der Waals surface area contributed by atoms with Gasteiger partial charge in [-0.2, -0.15) is 0 Å². The molecule has 0 spiro atoms. The van der Waals surface area contributed by atoms with E-state index in [1.165, 1.54) is 0 Å². The van der Waals surface area contributed by atoms with Crippen molar-refractivity contribution >= 4 is 48.5 Å². The van der Waals surface area contributed by atoms with Crippen LogP contribution in [0.1, 0.15) is 2.85 Å². The van der Waals surface area contributed by atoms with Crippen LogP contribution in [0.2, 0.25) is 0 Å². The van der Waals surface area contributed by atoms with Crippen LogP contribution in [0.4, 0.5) is 0 Å². The Hall–Kier alpha value is 5.31. The summed E-state index contributed by atoms with van der Waals surface area (Å²) in [5, 5.41) is 0. The van der Waals surface area contributed by atoms with Gasteiger partial charge in [-0.1, -0.05) is 0 Å². The van der Waals surface area contributed by atoms with Gasteiger partial charge in [0.25, 0.3) is 0 Å². The van der Waals surface area contributed by atoms with Crippen molar-refractivity contribution in [1.29, 1.82) is 0 Å². The molecule has 9 heavy (non-hydrogen) atoms. The molecule has 0 saturated carbocycles. The van der Waals surface area contributed by atoms with Crippen LogP contribution in [0.15, 0.2) is 0 Å². The quantitative estimate of drug-likeness (QED) is 0.400. The molecule has 0 aliphatic carbocycles. The number of hydrogen-bond donors (Lipinski definition) is 0. The third-order valence-corrected chi connectivity index (χ3v) is 0. The molecule has 0 rings (SSSR count). The van der Waals surface area contributed by atoms with Crippen LogP contribution < -0.4 is 103 Å². The van der Waals surface area contributed by atoms with Gasteiger partial charge in [0.1, 0.15) is 0 Å². The van der Waals surface area contributed by atoms with Crippen LogP contribution >= 0.6 is 48.5 Å². The minimum atomic E-state index is -4.11. The van der Waals surface area contributed by atoms with E-state index in [1.807, 2.05) is 0 Å². The summed E-state index contributed by atoms with van der Waals surface area (Å²) in [5.74, 6) is 0. The zero-order chi connectivity index (χ0) is 5.45. The monoisotopic (exact) mass is 375 g/mol. The second kappa shape index (κ2) is 8.60.